The maximum absolute atomic E-state index is 6.40. The normalized spacial score (nSPS) is 14.8. The molecule has 0 fully saturated rings. The van der Waals surface area contributed by atoms with Gasteiger partial charge in [-0.15, -0.1) is 0 Å². The van der Waals surface area contributed by atoms with Crippen molar-refractivity contribution in [3.8, 4) is 5.75 Å². The van der Waals surface area contributed by atoms with Crippen LogP contribution in [0.2, 0.25) is 0 Å². The smallest absolute Gasteiger partial charge is 0.161 e. The minimum absolute atomic E-state index is 0.0706. The van der Waals surface area contributed by atoms with Gasteiger partial charge in [0, 0.05) is 13.7 Å². The fourth-order valence-corrected chi connectivity index (χ4v) is 2.33. The van der Waals surface area contributed by atoms with E-state index in [0.717, 1.165) is 24.5 Å². The Balaban J connectivity index is 3.03. The van der Waals surface area contributed by atoms with Gasteiger partial charge < -0.3 is 20.1 Å². The molecule has 116 valence electrons. The van der Waals surface area contributed by atoms with Crippen LogP contribution in [0.3, 0.4) is 0 Å². The van der Waals surface area contributed by atoms with Gasteiger partial charge in [-0.05, 0) is 20.0 Å². The van der Waals surface area contributed by atoms with E-state index < -0.39 is 0 Å². The molecule has 0 saturated carbocycles. The lowest BCUT2D eigenvalue weighted by Crippen LogP contribution is -2.35. The van der Waals surface area contributed by atoms with Crippen LogP contribution >= 0.6 is 0 Å². The van der Waals surface area contributed by atoms with E-state index in [1.165, 1.54) is 0 Å². The van der Waals surface area contributed by atoms with Gasteiger partial charge in [-0.3, -0.25) is 4.68 Å². The van der Waals surface area contributed by atoms with E-state index in [1.54, 1.807) is 20.4 Å². The first kappa shape index (κ1) is 16.9. The fourth-order valence-electron chi connectivity index (χ4n) is 2.33. The Hall–Kier alpha value is -1.11. The molecule has 2 unspecified atom stereocenters. The highest BCUT2D eigenvalue weighted by Gasteiger charge is 2.28. The fraction of sp³-hybridized carbons (Fsp3) is 0.786. The van der Waals surface area contributed by atoms with Crippen molar-refractivity contribution in [3.05, 3.63) is 11.9 Å². The number of rotatable bonds is 8. The lowest BCUT2D eigenvalue weighted by Gasteiger charge is -2.27. The molecule has 1 rings (SSSR count). The molecule has 0 aliphatic rings. The number of likely N-dealkylation sites (N-methyl/N-ethyl adjacent to an activating group) is 1. The van der Waals surface area contributed by atoms with Gasteiger partial charge in [-0.2, -0.15) is 5.10 Å². The summed E-state index contributed by atoms with van der Waals surface area (Å²) >= 11 is 0. The molecule has 0 radical (unpaired) electrons. The molecule has 0 saturated heterocycles. The average molecular weight is 284 g/mol. The zero-order valence-corrected chi connectivity index (χ0v) is 13.5. The Morgan fingerprint density at radius 1 is 1.35 bits per heavy atom. The molecule has 6 heteroatoms. The molecular weight excluding hydrogens is 256 g/mol. The Morgan fingerprint density at radius 2 is 2.00 bits per heavy atom. The molecule has 1 aromatic rings. The summed E-state index contributed by atoms with van der Waals surface area (Å²) in [5.41, 5.74) is 7.30. The zero-order chi connectivity index (χ0) is 15.3. The molecule has 1 aromatic heterocycles. The first-order valence-electron chi connectivity index (χ1n) is 6.95. The van der Waals surface area contributed by atoms with Gasteiger partial charge in [-0.1, -0.05) is 13.8 Å². The van der Waals surface area contributed by atoms with E-state index in [1.807, 2.05) is 18.8 Å². The van der Waals surface area contributed by atoms with Crippen molar-refractivity contribution in [1.29, 1.82) is 0 Å². The number of nitrogens with two attached hydrogens (primary N) is 1. The summed E-state index contributed by atoms with van der Waals surface area (Å²) < 4.78 is 12.9. The molecule has 0 spiro atoms. The van der Waals surface area contributed by atoms with Crippen LogP contribution in [0.4, 0.5) is 0 Å². The van der Waals surface area contributed by atoms with Crippen LogP contribution in [0.5, 0.6) is 5.75 Å². The largest absolute Gasteiger partial charge is 0.493 e. The third-order valence-electron chi connectivity index (χ3n) is 3.42. The molecule has 1 heterocycles. The highest BCUT2D eigenvalue weighted by Crippen LogP contribution is 2.29. The molecule has 2 N–H and O–H groups in total. The summed E-state index contributed by atoms with van der Waals surface area (Å²) in [5.74, 6) is 1.04. The van der Waals surface area contributed by atoms with Crippen molar-refractivity contribution >= 4 is 0 Å². The van der Waals surface area contributed by atoms with Gasteiger partial charge in [0.25, 0.3) is 0 Å². The highest BCUT2D eigenvalue weighted by atomic mass is 16.5. The Morgan fingerprint density at radius 3 is 2.45 bits per heavy atom. The molecule has 6 nitrogen and oxygen atoms in total. The van der Waals surface area contributed by atoms with Crippen LogP contribution in [-0.2, 0) is 11.3 Å². The summed E-state index contributed by atoms with van der Waals surface area (Å²) in [7, 11) is 7.40. The topological polar surface area (TPSA) is 65.5 Å². The van der Waals surface area contributed by atoms with Crippen molar-refractivity contribution < 1.29 is 9.47 Å². The molecule has 0 amide bonds. The van der Waals surface area contributed by atoms with Gasteiger partial charge >= 0.3 is 0 Å². The maximum atomic E-state index is 6.40. The molecule has 0 aromatic carbocycles. The molecule has 0 bridgehead atoms. The van der Waals surface area contributed by atoms with E-state index in [9.17, 15) is 0 Å². The molecule has 0 aliphatic heterocycles. The van der Waals surface area contributed by atoms with E-state index in [2.05, 4.69) is 23.8 Å². The van der Waals surface area contributed by atoms with E-state index >= 15 is 0 Å². The van der Waals surface area contributed by atoms with Crippen LogP contribution in [0.25, 0.3) is 0 Å². The Bertz CT molecular complexity index is 404. The number of methoxy groups -OCH3 is 2. The number of hydrogen-bond donors (Lipinski definition) is 1. The van der Waals surface area contributed by atoms with Gasteiger partial charge in [0.15, 0.2) is 5.75 Å². The standard InChI is InChI=1S/C14H28N4O2/c1-10(2)14(20-6)12(15)13-11(19-5)9-16-18(13)8-7-17(3)4/h9-10,12,14H,7-8,15H2,1-6H3. The minimum Gasteiger partial charge on any atom is -0.493 e. The van der Waals surface area contributed by atoms with Crippen molar-refractivity contribution in [2.45, 2.75) is 32.5 Å². The number of aromatic nitrogens is 2. The van der Waals surface area contributed by atoms with Crippen molar-refractivity contribution in [3.63, 3.8) is 0 Å². The van der Waals surface area contributed by atoms with E-state index in [-0.39, 0.29) is 12.1 Å². The summed E-state index contributed by atoms with van der Waals surface area (Å²) in [6, 6.07) is -0.264. The summed E-state index contributed by atoms with van der Waals surface area (Å²) in [5, 5.41) is 4.39. The highest BCUT2D eigenvalue weighted by molar-refractivity contribution is 5.29. The van der Waals surface area contributed by atoms with Gasteiger partial charge in [0.1, 0.15) is 0 Å². The first-order valence-corrected chi connectivity index (χ1v) is 6.95. The quantitative estimate of drug-likeness (QED) is 0.775. The average Bonchev–Trinajstić information content (AvgIpc) is 2.79. The zero-order valence-electron chi connectivity index (χ0n) is 13.5. The minimum atomic E-state index is -0.264. The van der Waals surface area contributed by atoms with Crippen LogP contribution < -0.4 is 10.5 Å². The van der Waals surface area contributed by atoms with Crippen LogP contribution in [0.15, 0.2) is 6.20 Å². The number of ether oxygens (including phenoxy) is 2. The lowest BCUT2D eigenvalue weighted by atomic mass is 9.97. The molecular formula is C14H28N4O2. The Kier molecular flexibility index (Phi) is 6.45. The van der Waals surface area contributed by atoms with Crippen LogP contribution in [-0.4, -0.2) is 55.6 Å². The monoisotopic (exact) mass is 284 g/mol. The third-order valence-corrected chi connectivity index (χ3v) is 3.42. The van der Waals surface area contributed by atoms with Crippen molar-refractivity contribution in [1.82, 2.24) is 14.7 Å². The van der Waals surface area contributed by atoms with Crippen molar-refractivity contribution in [2.75, 3.05) is 34.9 Å². The molecule has 0 aliphatic carbocycles. The van der Waals surface area contributed by atoms with E-state index in [4.69, 9.17) is 15.2 Å². The molecule has 2 atom stereocenters. The second kappa shape index (κ2) is 7.61. The second-order valence-corrected chi connectivity index (χ2v) is 5.59. The molecule has 20 heavy (non-hydrogen) atoms. The van der Waals surface area contributed by atoms with E-state index in [0.29, 0.717) is 5.92 Å². The predicted molar refractivity (Wildman–Crippen MR) is 79.9 cm³/mol. The number of hydrogen-bond acceptors (Lipinski definition) is 5. The number of nitrogens with zero attached hydrogens (tertiary/aromatic N) is 3. The van der Waals surface area contributed by atoms with Gasteiger partial charge in [0.2, 0.25) is 0 Å². The lowest BCUT2D eigenvalue weighted by molar-refractivity contribution is 0.0407. The van der Waals surface area contributed by atoms with Crippen LogP contribution in [0.1, 0.15) is 25.6 Å². The SMILES string of the molecule is COc1cnn(CCN(C)C)c1C(N)C(OC)C(C)C. The Labute approximate surface area is 121 Å². The summed E-state index contributed by atoms with van der Waals surface area (Å²) in [4.78, 5) is 2.11. The van der Waals surface area contributed by atoms with Crippen LogP contribution in [0, 0.1) is 5.92 Å². The maximum Gasteiger partial charge on any atom is 0.161 e. The van der Waals surface area contributed by atoms with Gasteiger partial charge in [-0.25, -0.2) is 0 Å². The van der Waals surface area contributed by atoms with Crippen molar-refractivity contribution in [2.24, 2.45) is 11.7 Å². The summed E-state index contributed by atoms with van der Waals surface area (Å²) in [6.45, 7) is 5.86. The second-order valence-electron chi connectivity index (χ2n) is 5.59. The van der Waals surface area contributed by atoms with Gasteiger partial charge in [0.05, 0.1) is 37.7 Å². The third kappa shape index (κ3) is 3.94. The first-order chi connectivity index (χ1) is 9.42. The predicted octanol–water partition coefficient (Wildman–Crippen LogP) is 1.12. The summed E-state index contributed by atoms with van der Waals surface area (Å²) in [6.07, 6.45) is 1.65.